The number of likely N-dealkylation sites (N-methyl/N-ethyl adjacent to an activating group) is 1. The summed E-state index contributed by atoms with van der Waals surface area (Å²) in [5.41, 5.74) is 1.60. The van der Waals surface area contributed by atoms with E-state index in [0.717, 1.165) is 30.5 Å². The molecule has 0 radical (unpaired) electrons. The van der Waals surface area contributed by atoms with Crippen molar-refractivity contribution in [1.82, 2.24) is 25.8 Å². The molecule has 2 rings (SSSR count). The second kappa shape index (κ2) is 26.3. The molecule has 9 atom stereocenters. The molecule has 15 nitrogen and oxygen atoms in total. The molecule has 6 N–H and O–H groups in total. The maximum atomic E-state index is 14.2. The summed E-state index contributed by atoms with van der Waals surface area (Å²) in [5, 5.41) is 18.8. The van der Waals surface area contributed by atoms with E-state index >= 15 is 0 Å². The number of rotatable bonds is 28. The molecule has 0 bridgehead atoms. The first kappa shape index (κ1) is 52.1. The number of carboxylic acid groups (broad SMARTS) is 1. The van der Waals surface area contributed by atoms with Crippen LogP contribution >= 0.6 is 0 Å². The summed E-state index contributed by atoms with van der Waals surface area (Å²) >= 11 is 0. The number of carbonyl (C=O) groups excluding carboxylic acids is 4. The van der Waals surface area contributed by atoms with Crippen LogP contribution < -0.4 is 21.8 Å². The van der Waals surface area contributed by atoms with Crippen LogP contribution in [0.15, 0.2) is 42.6 Å². The highest BCUT2D eigenvalue weighted by Crippen LogP contribution is 2.29. The predicted molar refractivity (Wildman–Crippen MR) is 232 cm³/mol. The van der Waals surface area contributed by atoms with Gasteiger partial charge in [0.25, 0.3) is 0 Å². The second-order valence-electron chi connectivity index (χ2n) is 17.1. The number of aliphatic carboxylic acids is 1. The van der Waals surface area contributed by atoms with E-state index in [0.29, 0.717) is 38.8 Å². The predicted octanol–water partition coefficient (Wildman–Crippen LogP) is 4.44. The molecule has 0 spiro atoms. The Kier molecular flexibility index (Phi) is 22.9. The molecule has 60 heavy (non-hydrogen) atoms. The zero-order chi connectivity index (χ0) is 45.1. The number of carboxylic acids is 1. The van der Waals surface area contributed by atoms with Crippen molar-refractivity contribution >= 4 is 29.6 Å². The van der Waals surface area contributed by atoms with Crippen LogP contribution in [0.3, 0.4) is 0 Å². The molecule has 1 aliphatic rings. The van der Waals surface area contributed by atoms with Crippen molar-refractivity contribution < 1.29 is 43.4 Å². The third-order valence-electron chi connectivity index (χ3n) is 12.0. The van der Waals surface area contributed by atoms with Crippen molar-refractivity contribution in [2.75, 3.05) is 34.4 Å². The Balaban J connectivity index is 2.21. The fourth-order valence-electron chi connectivity index (χ4n) is 8.16. The van der Waals surface area contributed by atoms with Gasteiger partial charge in [-0.15, -0.1) is 0 Å². The van der Waals surface area contributed by atoms with Crippen LogP contribution in [0.4, 0.5) is 0 Å². The average molecular weight is 845 g/mol. The van der Waals surface area contributed by atoms with Crippen molar-refractivity contribution in [1.29, 1.82) is 0 Å². The van der Waals surface area contributed by atoms with Crippen LogP contribution in [-0.4, -0.2) is 121 Å². The van der Waals surface area contributed by atoms with Crippen molar-refractivity contribution in [2.45, 2.75) is 149 Å². The summed E-state index contributed by atoms with van der Waals surface area (Å²) in [6.45, 7) is 18.5. The number of nitrogens with one attached hydrogen (secondary N) is 3. The van der Waals surface area contributed by atoms with Crippen molar-refractivity contribution in [3.8, 4) is 0 Å². The molecule has 4 amide bonds. The highest BCUT2D eigenvalue weighted by Gasteiger charge is 2.42. The minimum Gasteiger partial charge on any atom is -0.480 e. The van der Waals surface area contributed by atoms with E-state index in [1.54, 1.807) is 11.8 Å². The summed E-state index contributed by atoms with van der Waals surface area (Å²) in [4.78, 5) is 76.2. The first-order valence-corrected chi connectivity index (χ1v) is 21.7. The van der Waals surface area contributed by atoms with Crippen molar-refractivity contribution in [3.63, 3.8) is 0 Å². The third-order valence-corrected chi connectivity index (χ3v) is 12.0. The molecule has 1 aliphatic heterocycles. The fraction of sp³-hybridized carbons (Fsp3) is 0.711. The number of ether oxygens (including phenoxy) is 2. The third kappa shape index (κ3) is 15.4. The highest BCUT2D eigenvalue weighted by molar-refractivity contribution is 5.90. The largest absolute Gasteiger partial charge is 0.480 e. The first-order valence-electron chi connectivity index (χ1n) is 21.7. The number of benzene rings is 1. The zero-order valence-corrected chi connectivity index (χ0v) is 37.9. The van der Waals surface area contributed by atoms with Gasteiger partial charge >= 0.3 is 5.97 Å². The minimum atomic E-state index is -1.15. The molecule has 1 heterocycles. The normalized spacial score (nSPS) is 18.1. The van der Waals surface area contributed by atoms with Crippen LogP contribution in [0.2, 0.25) is 0 Å². The number of nitrogens with two attached hydrogens (primary N) is 1. The Bertz CT molecular complexity index is 1510. The van der Waals surface area contributed by atoms with Gasteiger partial charge in [-0.25, -0.2) is 10.7 Å². The number of likely N-dealkylation sites (tertiary alicyclic amines) is 1. The average Bonchev–Trinajstić information content (AvgIpc) is 3.70. The fourth-order valence-corrected chi connectivity index (χ4v) is 8.16. The number of carbonyl (C=O) groups is 5. The van der Waals surface area contributed by atoms with E-state index < -0.39 is 60.2 Å². The summed E-state index contributed by atoms with van der Waals surface area (Å²) in [6, 6.07) is 5.53. The topological polar surface area (TPSA) is 202 Å². The lowest BCUT2D eigenvalue weighted by Crippen LogP contribution is -2.59. The first-order chi connectivity index (χ1) is 28.4. The summed E-state index contributed by atoms with van der Waals surface area (Å²) in [7, 11) is 4.87. The van der Waals surface area contributed by atoms with E-state index in [4.69, 9.17) is 15.4 Å². The highest BCUT2D eigenvalue weighted by atomic mass is 16.6. The van der Waals surface area contributed by atoms with Gasteiger partial charge in [-0.2, -0.15) is 0 Å². The van der Waals surface area contributed by atoms with Gasteiger partial charge in [0.15, 0.2) is 0 Å². The number of hydrogen-bond acceptors (Lipinski definition) is 10. The van der Waals surface area contributed by atoms with E-state index in [2.05, 4.69) is 27.4 Å². The Hall–Kier alpha value is -4.05. The van der Waals surface area contributed by atoms with Crippen LogP contribution in [0.25, 0.3) is 0 Å². The molecule has 0 aromatic heterocycles. The SMILES string of the molecule is C=C(CCCCCON)N(C)[C@H](C(=O)N[C@H](C(=O)N[C@@H]([C@@H](C)CC)[C@@H](CC(=O)N1CCC[C@H]1[C@H](OC)[C@@H](C)C(=O)N[C@@H](Cc1ccccc1)C(=O)O)OC)C(C)C)C(C)C. The molecule has 15 heteroatoms. The molecule has 0 saturated carbocycles. The van der Waals surface area contributed by atoms with Crippen molar-refractivity contribution in [2.24, 2.45) is 29.6 Å². The molecule has 1 aromatic carbocycles. The lowest BCUT2D eigenvalue weighted by atomic mass is 9.90. The van der Waals surface area contributed by atoms with E-state index in [1.807, 2.05) is 83.8 Å². The summed E-state index contributed by atoms with van der Waals surface area (Å²) < 4.78 is 11.8. The minimum absolute atomic E-state index is 0.0439. The number of hydrogen-bond donors (Lipinski definition) is 5. The number of nitrogens with zero attached hydrogens (tertiary/aromatic N) is 2. The standard InChI is InChI=1S/C45H76N6O9/c1-12-30(6)39(49-43(54)38(28(2)3)48-44(55)40(29(4)5)50(9)31(7)20-15-14-18-25-60-46)36(58-10)27-37(52)51-24-19-23-35(51)41(59-11)32(8)42(53)47-34(45(56)57)26-33-21-16-13-17-22-33/h13,16-17,21-22,28-30,32,34-36,38-41H,7,12,14-15,18-20,23-27,46H2,1-6,8-11H3,(H,47,53)(H,48,55)(H,49,54)(H,56,57)/t30-,32+,34-,35-,36+,38-,39-,40-,41+/m0/s1. The smallest absolute Gasteiger partial charge is 0.326 e. The Morgan fingerprint density at radius 2 is 1.58 bits per heavy atom. The molecule has 0 unspecified atom stereocenters. The van der Waals surface area contributed by atoms with Crippen molar-refractivity contribution in [3.05, 3.63) is 48.2 Å². The molecule has 0 aliphatic carbocycles. The Labute approximate surface area is 358 Å². The Morgan fingerprint density at radius 3 is 2.13 bits per heavy atom. The van der Waals surface area contributed by atoms with E-state index in [1.165, 1.54) is 14.2 Å². The van der Waals surface area contributed by atoms with Gasteiger partial charge in [-0.3, -0.25) is 19.2 Å². The number of methoxy groups -OCH3 is 2. The number of amides is 4. The van der Waals surface area contributed by atoms with E-state index in [9.17, 15) is 29.1 Å². The van der Waals surface area contributed by atoms with Gasteiger partial charge in [0.1, 0.15) is 18.1 Å². The molecular weight excluding hydrogens is 769 g/mol. The van der Waals surface area contributed by atoms with Gasteiger partial charge in [0.05, 0.1) is 43.2 Å². The molecule has 1 aromatic rings. The quantitative estimate of drug-likeness (QED) is 0.0590. The number of unbranched alkanes of at least 4 members (excludes halogenated alkanes) is 2. The summed E-state index contributed by atoms with van der Waals surface area (Å²) in [5.74, 6) is 1.48. The van der Waals surface area contributed by atoms with Crippen LogP contribution in [-0.2, 0) is 44.7 Å². The molecular formula is C45H76N6O9. The zero-order valence-electron chi connectivity index (χ0n) is 37.9. The van der Waals surface area contributed by atoms with Gasteiger partial charge in [0.2, 0.25) is 23.6 Å². The van der Waals surface area contributed by atoms with E-state index in [-0.39, 0.29) is 48.3 Å². The van der Waals surface area contributed by atoms with Crippen LogP contribution in [0, 0.1) is 23.7 Å². The van der Waals surface area contributed by atoms with Gasteiger partial charge in [0, 0.05) is 39.9 Å². The number of allylic oxidation sites excluding steroid dienone is 1. The van der Waals surface area contributed by atoms with Crippen LogP contribution in [0.5, 0.6) is 0 Å². The second-order valence-corrected chi connectivity index (χ2v) is 17.1. The monoisotopic (exact) mass is 845 g/mol. The summed E-state index contributed by atoms with van der Waals surface area (Å²) in [6.07, 6.45) is 3.99. The lowest BCUT2D eigenvalue weighted by Gasteiger charge is -2.37. The molecule has 1 saturated heterocycles. The van der Waals surface area contributed by atoms with Crippen LogP contribution in [0.1, 0.15) is 105 Å². The molecule has 1 fully saturated rings. The van der Waals surface area contributed by atoms with Gasteiger partial charge in [-0.05, 0) is 55.4 Å². The maximum Gasteiger partial charge on any atom is 0.326 e. The van der Waals surface area contributed by atoms with Gasteiger partial charge in [-0.1, -0.05) is 98.2 Å². The van der Waals surface area contributed by atoms with Gasteiger partial charge < -0.3 is 45.2 Å². The lowest BCUT2D eigenvalue weighted by molar-refractivity contribution is -0.145. The maximum absolute atomic E-state index is 14.2. The Morgan fingerprint density at radius 1 is 0.917 bits per heavy atom. The molecule has 340 valence electrons.